The van der Waals surface area contributed by atoms with Crippen LogP contribution in [0.15, 0.2) is 44.3 Å². The summed E-state index contributed by atoms with van der Waals surface area (Å²) in [7, 11) is -3.36. The van der Waals surface area contributed by atoms with Gasteiger partial charge in [-0.3, -0.25) is 0 Å². The third kappa shape index (κ3) is 3.36. The van der Waals surface area contributed by atoms with Crippen LogP contribution in [0.5, 0.6) is 0 Å². The highest BCUT2D eigenvalue weighted by atomic mass is 79.9. The van der Waals surface area contributed by atoms with E-state index in [4.69, 9.17) is 4.42 Å². The maximum Gasteiger partial charge on any atom is 0.175 e. The van der Waals surface area contributed by atoms with E-state index in [1.54, 1.807) is 6.07 Å². The van der Waals surface area contributed by atoms with Gasteiger partial charge in [0.05, 0.1) is 27.9 Å². The Morgan fingerprint density at radius 1 is 1.37 bits per heavy atom. The van der Waals surface area contributed by atoms with E-state index >= 15 is 0 Å². The van der Waals surface area contributed by atoms with E-state index in [9.17, 15) is 12.8 Å². The van der Waals surface area contributed by atoms with E-state index in [0.717, 1.165) is 16.8 Å². The monoisotopic (exact) mass is 347 g/mol. The van der Waals surface area contributed by atoms with Crippen molar-refractivity contribution in [2.75, 3.05) is 11.6 Å². The molecule has 1 aromatic carbocycles. The number of furan rings is 1. The Kier molecular flexibility index (Phi) is 3.96. The minimum atomic E-state index is -3.36. The van der Waals surface area contributed by atoms with Crippen LogP contribution < -0.4 is 5.32 Å². The van der Waals surface area contributed by atoms with Crippen LogP contribution in [0, 0.1) is 5.82 Å². The number of benzene rings is 1. The van der Waals surface area contributed by atoms with Crippen molar-refractivity contribution in [3.63, 3.8) is 0 Å². The fraction of sp³-hybridized carbons (Fsp3) is 0.167. The molecule has 1 N–H and O–H groups in total. The van der Waals surface area contributed by atoms with Crippen LogP contribution in [0.4, 0.5) is 10.1 Å². The lowest BCUT2D eigenvalue weighted by molar-refractivity contribution is 0.515. The summed E-state index contributed by atoms with van der Waals surface area (Å²) in [5, 5.41) is 2.81. The largest absolute Gasteiger partial charge is 0.466 e. The van der Waals surface area contributed by atoms with Crippen molar-refractivity contribution < 1.29 is 17.2 Å². The molecule has 0 saturated heterocycles. The molecule has 7 heteroatoms. The number of halogens is 2. The molecule has 4 nitrogen and oxygen atoms in total. The van der Waals surface area contributed by atoms with Crippen molar-refractivity contribution in [1.82, 2.24) is 0 Å². The highest BCUT2D eigenvalue weighted by Crippen LogP contribution is 2.22. The smallest absolute Gasteiger partial charge is 0.175 e. The zero-order valence-corrected chi connectivity index (χ0v) is 12.4. The standard InChI is InChI=1S/C12H11BrFNO3S/c1-19(16,17)8-2-3-10(14)11(6-8)15-7-12-9(13)4-5-18-12/h2-6,15H,7H2,1H3. The molecule has 0 unspecified atom stereocenters. The van der Waals surface area contributed by atoms with Gasteiger partial charge < -0.3 is 9.73 Å². The molecule has 0 fully saturated rings. The van der Waals surface area contributed by atoms with Gasteiger partial charge >= 0.3 is 0 Å². The number of rotatable bonds is 4. The van der Waals surface area contributed by atoms with E-state index in [2.05, 4.69) is 21.2 Å². The molecule has 0 aliphatic heterocycles. The van der Waals surface area contributed by atoms with Crippen LogP contribution in [0.3, 0.4) is 0 Å². The lowest BCUT2D eigenvalue weighted by Crippen LogP contribution is -2.04. The topological polar surface area (TPSA) is 59.3 Å². The van der Waals surface area contributed by atoms with Crippen molar-refractivity contribution in [3.8, 4) is 0 Å². The van der Waals surface area contributed by atoms with Gasteiger partial charge in [0.2, 0.25) is 0 Å². The quantitative estimate of drug-likeness (QED) is 0.862. The van der Waals surface area contributed by atoms with Gasteiger partial charge in [-0.15, -0.1) is 0 Å². The fourth-order valence-corrected chi connectivity index (χ4v) is 2.49. The molecule has 1 heterocycles. The SMILES string of the molecule is CS(=O)(=O)c1ccc(F)c(NCc2occc2Br)c1. The van der Waals surface area contributed by atoms with Gasteiger partial charge in [-0.05, 0) is 40.2 Å². The van der Waals surface area contributed by atoms with E-state index < -0.39 is 15.7 Å². The Hall–Kier alpha value is -1.34. The second-order valence-corrected chi connectivity index (χ2v) is 6.83. The second kappa shape index (κ2) is 5.34. The Balaban J connectivity index is 2.23. The van der Waals surface area contributed by atoms with E-state index in [-0.39, 0.29) is 17.1 Å². The molecule has 2 aromatic rings. The summed E-state index contributed by atoms with van der Waals surface area (Å²) in [6.45, 7) is 0.248. The predicted octanol–water partition coefficient (Wildman–Crippen LogP) is 3.20. The maximum atomic E-state index is 13.6. The van der Waals surface area contributed by atoms with Gasteiger partial charge in [-0.1, -0.05) is 0 Å². The molecule has 0 atom stereocenters. The Morgan fingerprint density at radius 2 is 2.11 bits per heavy atom. The summed E-state index contributed by atoms with van der Waals surface area (Å²) in [6, 6.07) is 5.34. The summed E-state index contributed by atoms with van der Waals surface area (Å²) in [5.74, 6) is 0.0826. The second-order valence-electron chi connectivity index (χ2n) is 3.96. The molecular weight excluding hydrogens is 337 g/mol. The van der Waals surface area contributed by atoms with E-state index in [1.807, 2.05) is 0 Å². The summed E-state index contributed by atoms with van der Waals surface area (Å²) in [4.78, 5) is 0.0647. The van der Waals surface area contributed by atoms with Gasteiger partial charge in [-0.25, -0.2) is 12.8 Å². The van der Waals surface area contributed by atoms with Crippen molar-refractivity contribution in [2.24, 2.45) is 0 Å². The summed E-state index contributed by atoms with van der Waals surface area (Å²) >= 11 is 3.28. The molecule has 0 spiro atoms. The number of nitrogens with one attached hydrogen (secondary N) is 1. The summed E-state index contributed by atoms with van der Waals surface area (Å²) in [5.41, 5.74) is 0.117. The van der Waals surface area contributed by atoms with Crippen LogP contribution >= 0.6 is 15.9 Å². The lowest BCUT2D eigenvalue weighted by atomic mass is 10.3. The first kappa shape index (κ1) is 14.1. The highest BCUT2D eigenvalue weighted by molar-refractivity contribution is 9.10. The third-order valence-corrected chi connectivity index (χ3v) is 4.31. The average molecular weight is 348 g/mol. The zero-order valence-electron chi connectivity index (χ0n) is 9.98. The number of sulfone groups is 1. The van der Waals surface area contributed by atoms with Crippen molar-refractivity contribution >= 4 is 31.5 Å². The fourth-order valence-electron chi connectivity index (χ4n) is 1.50. The van der Waals surface area contributed by atoms with E-state index in [1.165, 1.54) is 18.4 Å². The van der Waals surface area contributed by atoms with Gasteiger partial charge in [0, 0.05) is 6.26 Å². The Bertz CT molecular complexity index is 697. The Labute approximate surface area is 118 Å². The summed E-state index contributed by atoms with van der Waals surface area (Å²) in [6.07, 6.45) is 2.58. The zero-order chi connectivity index (χ0) is 14.0. The number of hydrogen-bond acceptors (Lipinski definition) is 4. The van der Waals surface area contributed by atoms with Gasteiger partial charge in [0.15, 0.2) is 9.84 Å². The molecule has 19 heavy (non-hydrogen) atoms. The lowest BCUT2D eigenvalue weighted by Gasteiger charge is -2.08. The predicted molar refractivity (Wildman–Crippen MR) is 73.2 cm³/mol. The van der Waals surface area contributed by atoms with Crippen LogP contribution in [0.2, 0.25) is 0 Å². The molecule has 0 aliphatic rings. The molecule has 2 rings (SSSR count). The summed E-state index contributed by atoms with van der Waals surface area (Å²) < 4.78 is 42.3. The molecule has 0 aliphatic carbocycles. The van der Waals surface area contributed by atoms with Gasteiger partial charge in [-0.2, -0.15) is 0 Å². The first-order chi connectivity index (χ1) is 8.88. The molecule has 0 bridgehead atoms. The third-order valence-electron chi connectivity index (χ3n) is 2.50. The minimum Gasteiger partial charge on any atom is -0.466 e. The Morgan fingerprint density at radius 3 is 2.68 bits per heavy atom. The molecule has 0 radical (unpaired) electrons. The van der Waals surface area contributed by atoms with Crippen LogP contribution in [0.25, 0.3) is 0 Å². The average Bonchev–Trinajstić information content (AvgIpc) is 2.72. The highest BCUT2D eigenvalue weighted by Gasteiger charge is 2.12. The first-order valence-corrected chi connectivity index (χ1v) is 8.02. The molecule has 102 valence electrons. The molecule has 1 aromatic heterocycles. The molecular formula is C12H11BrFNO3S. The van der Waals surface area contributed by atoms with Crippen molar-refractivity contribution in [1.29, 1.82) is 0 Å². The number of anilines is 1. The molecule has 0 amide bonds. The van der Waals surface area contributed by atoms with Crippen molar-refractivity contribution in [3.05, 3.63) is 46.6 Å². The van der Waals surface area contributed by atoms with Crippen molar-refractivity contribution in [2.45, 2.75) is 11.4 Å². The normalized spacial score (nSPS) is 11.5. The first-order valence-electron chi connectivity index (χ1n) is 5.33. The van der Waals surface area contributed by atoms with Crippen LogP contribution in [-0.4, -0.2) is 14.7 Å². The molecule has 0 saturated carbocycles. The number of hydrogen-bond donors (Lipinski definition) is 1. The minimum absolute atomic E-state index is 0.0647. The van der Waals surface area contributed by atoms with Crippen LogP contribution in [-0.2, 0) is 16.4 Å². The van der Waals surface area contributed by atoms with Gasteiger partial charge in [0.25, 0.3) is 0 Å². The van der Waals surface area contributed by atoms with Crippen LogP contribution in [0.1, 0.15) is 5.76 Å². The maximum absolute atomic E-state index is 13.6. The van der Waals surface area contributed by atoms with Gasteiger partial charge in [0.1, 0.15) is 11.6 Å². The van der Waals surface area contributed by atoms with E-state index in [0.29, 0.717) is 5.76 Å².